The molecule has 3 rings (SSSR count). The monoisotopic (exact) mass is 442 g/mol. The number of rotatable bonds is 6. The van der Waals surface area contributed by atoms with Crippen molar-refractivity contribution in [2.45, 2.75) is 23.9 Å². The Kier molecular flexibility index (Phi) is 6.67. The summed E-state index contributed by atoms with van der Waals surface area (Å²) in [5.41, 5.74) is 0.145. The number of piperidine rings is 1. The zero-order chi connectivity index (χ0) is 21.8. The fourth-order valence-electron chi connectivity index (χ4n) is 3.19. The first-order valence-corrected chi connectivity index (χ1v) is 10.8. The van der Waals surface area contributed by atoms with Crippen molar-refractivity contribution < 1.29 is 31.1 Å². The fourth-order valence-corrected chi connectivity index (χ4v) is 4.68. The molecule has 1 amide bonds. The first-order chi connectivity index (χ1) is 14.2. The van der Waals surface area contributed by atoms with Gasteiger partial charge in [0.05, 0.1) is 10.6 Å². The summed E-state index contributed by atoms with van der Waals surface area (Å²) in [5.74, 6) is -0.912. The van der Waals surface area contributed by atoms with Crippen LogP contribution in [0, 0.1) is 5.92 Å². The van der Waals surface area contributed by atoms with Gasteiger partial charge in [-0.25, -0.2) is 8.42 Å². The number of para-hydroxylation sites is 2. The van der Waals surface area contributed by atoms with E-state index in [1.54, 1.807) is 24.3 Å². The molecule has 2 aromatic rings. The summed E-state index contributed by atoms with van der Waals surface area (Å²) in [4.78, 5) is 12.8. The van der Waals surface area contributed by atoms with Gasteiger partial charge in [-0.2, -0.15) is 17.5 Å². The second kappa shape index (κ2) is 9.05. The zero-order valence-electron chi connectivity index (χ0n) is 15.9. The highest BCUT2D eigenvalue weighted by Crippen LogP contribution is 2.29. The molecular weight excluding hydrogens is 421 g/mol. The molecule has 6 nitrogen and oxygen atoms in total. The Balaban J connectivity index is 1.60. The van der Waals surface area contributed by atoms with Crippen LogP contribution < -0.4 is 10.1 Å². The van der Waals surface area contributed by atoms with E-state index in [9.17, 15) is 26.4 Å². The number of nitrogens with one attached hydrogen (secondary N) is 1. The Morgan fingerprint density at radius 2 is 1.63 bits per heavy atom. The normalized spacial score (nSPS) is 16.2. The summed E-state index contributed by atoms with van der Waals surface area (Å²) in [6, 6.07) is 13.9. The Bertz CT molecular complexity index is 973. The number of amides is 1. The predicted molar refractivity (Wildman–Crippen MR) is 105 cm³/mol. The molecule has 1 heterocycles. The number of ether oxygens (including phenoxy) is 1. The Morgan fingerprint density at radius 3 is 2.27 bits per heavy atom. The first kappa shape index (κ1) is 22.1. The van der Waals surface area contributed by atoms with Crippen LogP contribution in [-0.2, 0) is 14.8 Å². The van der Waals surface area contributed by atoms with Gasteiger partial charge in [0.15, 0.2) is 6.61 Å². The molecule has 0 aromatic heterocycles. The first-order valence-electron chi connectivity index (χ1n) is 9.31. The second-order valence-corrected chi connectivity index (χ2v) is 8.82. The molecular formula is C20H21F3N2O4S. The quantitative estimate of drug-likeness (QED) is 0.741. The van der Waals surface area contributed by atoms with Gasteiger partial charge in [-0.3, -0.25) is 4.79 Å². The van der Waals surface area contributed by atoms with E-state index in [1.165, 1.54) is 34.6 Å². The van der Waals surface area contributed by atoms with E-state index < -0.39 is 28.7 Å². The van der Waals surface area contributed by atoms with Crippen molar-refractivity contribution in [3.63, 3.8) is 0 Å². The Morgan fingerprint density at radius 1 is 1.03 bits per heavy atom. The van der Waals surface area contributed by atoms with Gasteiger partial charge in [-0.05, 0) is 37.1 Å². The molecule has 162 valence electrons. The summed E-state index contributed by atoms with van der Waals surface area (Å²) in [5, 5.41) is 2.60. The number of hydrogen-bond acceptors (Lipinski definition) is 4. The van der Waals surface area contributed by atoms with Crippen molar-refractivity contribution >= 4 is 21.6 Å². The van der Waals surface area contributed by atoms with Crippen molar-refractivity contribution in [2.75, 3.05) is 25.0 Å². The van der Waals surface area contributed by atoms with Crippen LogP contribution in [-0.4, -0.2) is 44.5 Å². The van der Waals surface area contributed by atoms with Gasteiger partial charge < -0.3 is 10.1 Å². The highest BCUT2D eigenvalue weighted by Gasteiger charge is 2.32. The molecule has 1 N–H and O–H groups in total. The highest BCUT2D eigenvalue weighted by atomic mass is 32.2. The maximum atomic E-state index is 12.7. The van der Waals surface area contributed by atoms with E-state index in [4.69, 9.17) is 4.74 Å². The molecule has 1 fully saturated rings. The molecule has 0 spiro atoms. The van der Waals surface area contributed by atoms with Gasteiger partial charge in [-0.1, -0.05) is 30.3 Å². The highest BCUT2D eigenvalue weighted by molar-refractivity contribution is 7.89. The Hall–Kier alpha value is -2.59. The molecule has 0 bridgehead atoms. The van der Waals surface area contributed by atoms with Crippen molar-refractivity contribution in [2.24, 2.45) is 5.92 Å². The van der Waals surface area contributed by atoms with Gasteiger partial charge in [0, 0.05) is 19.0 Å². The molecule has 0 atom stereocenters. The molecule has 1 aliphatic heterocycles. The molecule has 10 heteroatoms. The lowest BCUT2D eigenvalue weighted by Crippen LogP contribution is -2.41. The third kappa shape index (κ3) is 5.51. The number of anilines is 1. The topological polar surface area (TPSA) is 75.7 Å². The van der Waals surface area contributed by atoms with Gasteiger partial charge in [0.1, 0.15) is 5.75 Å². The van der Waals surface area contributed by atoms with E-state index in [2.05, 4.69) is 5.32 Å². The average Bonchev–Trinajstić information content (AvgIpc) is 2.73. The minimum Gasteiger partial charge on any atom is -0.482 e. The second-order valence-electron chi connectivity index (χ2n) is 6.88. The molecule has 2 aromatic carbocycles. The molecule has 1 saturated heterocycles. The van der Waals surface area contributed by atoms with E-state index in [0.717, 1.165) is 0 Å². The van der Waals surface area contributed by atoms with Crippen LogP contribution in [0.25, 0.3) is 0 Å². The minimum absolute atomic E-state index is 0.0766. The van der Waals surface area contributed by atoms with Gasteiger partial charge >= 0.3 is 6.18 Å². The molecule has 0 unspecified atom stereocenters. The van der Waals surface area contributed by atoms with Crippen LogP contribution in [0.5, 0.6) is 5.75 Å². The molecule has 0 aliphatic carbocycles. The number of halogens is 3. The summed E-state index contributed by atoms with van der Waals surface area (Å²) in [6.07, 6.45) is -3.87. The van der Waals surface area contributed by atoms with Crippen molar-refractivity contribution in [1.82, 2.24) is 4.31 Å². The Labute approximate surface area is 172 Å². The van der Waals surface area contributed by atoms with Gasteiger partial charge in [0.25, 0.3) is 0 Å². The smallest absolute Gasteiger partial charge is 0.422 e. The summed E-state index contributed by atoms with van der Waals surface area (Å²) < 4.78 is 68.7. The number of nitrogens with zero attached hydrogens (tertiary/aromatic N) is 1. The van der Waals surface area contributed by atoms with Crippen LogP contribution in [0.2, 0.25) is 0 Å². The van der Waals surface area contributed by atoms with Crippen LogP contribution in [0.1, 0.15) is 12.8 Å². The maximum absolute atomic E-state index is 12.7. The molecule has 30 heavy (non-hydrogen) atoms. The van der Waals surface area contributed by atoms with E-state index in [1.807, 2.05) is 0 Å². The number of benzene rings is 2. The average molecular weight is 442 g/mol. The number of sulfonamides is 1. The lowest BCUT2D eigenvalue weighted by molar-refractivity contribution is -0.153. The largest absolute Gasteiger partial charge is 0.482 e. The molecule has 0 radical (unpaired) electrons. The number of carbonyl (C=O) groups is 1. The lowest BCUT2D eigenvalue weighted by Gasteiger charge is -2.30. The predicted octanol–water partition coefficient (Wildman–Crippen LogP) is 3.67. The number of hydrogen-bond donors (Lipinski definition) is 1. The third-order valence-corrected chi connectivity index (χ3v) is 6.65. The van der Waals surface area contributed by atoms with Crippen molar-refractivity contribution in [3.05, 3.63) is 54.6 Å². The molecule has 1 aliphatic rings. The van der Waals surface area contributed by atoms with Crippen LogP contribution in [0.4, 0.5) is 18.9 Å². The molecule has 0 saturated carbocycles. The van der Waals surface area contributed by atoms with Crippen LogP contribution in [0.3, 0.4) is 0 Å². The van der Waals surface area contributed by atoms with E-state index in [-0.39, 0.29) is 35.3 Å². The van der Waals surface area contributed by atoms with Crippen LogP contribution >= 0.6 is 0 Å². The van der Waals surface area contributed by atoms with E-state index in [0.29, 0.717) is 12.8 Å². The summed E-state index contributed by atoms with van der Waals surface area (Å²) in [7, 11) is -3.62. The SMILES string of the molecule is O=C(Nc1ccccc1OCC(F)(F)F)C1CCN(S(=O)(=O)c2ccccc2)CC1. The van der Waals surface area contributed by atoms with E-state index >= 15 is 0 Å². The minimum atomic E-state index is -4.49. The fraction of sp³-hybridized carbons (Fsp3) is 0.350. The number of alkyl halides is 3. The number of carbonyl (C=O) groups excluding carboxylic acids is 1. The zero-order valence-corrected chi connectivity index (χ0v) is 16.7. The standard InChI is InChI=1S/C20H21F3N2O4S/c21-20(22,23)14-29-18-9-5-4-8-17(18)24-19(26)15-10-12-25(13-11-15)30(27,28)16-6-2-1-3-7-16/h1-9,15H,10-14H2,(H,24,26). The lowest BCUT2D eigenvalue weighted by atomic mass is 9.97. The van der Waals surface area contributed by atoms with Gasteiger partial charge in [0.2, 0.25) is 15.9 Å². The van der Waals surface area contributed by atoms with Crippen molar-refractivity contribution in [1.29, 1.82) is 0 Å². The summed E-state index contributed by atoms with van der Waals surface area (Å²) in [6.45, 7) is -1.10. The van der Waals surface area contributed by atoms with Gasteiger partial charge in [-0.15, -0.1) is 0 Å². The summed E-state index contributed by atoms with van der Waals surface area (Å²) >= 11 is 0. The van der Waals surface area contributed by atoms with Crippen LogP contribution in [0.15, 0.2) is 59.5 Å². The van der Waals surface area contributed by atoms with Crippen molar-refractivity contribution in [3.8, 4) is 5.75 Å². The maximum Gasteiger partial charge on any atom is 0.422 e. The third-order valence-electron chi connectivity index (χ3n) is 4.74.